The summed E-state index contributed by atoms with van der Waals surface area (Å²) in [5.74, 6) is -0.999. The van der Waals surface area contributed by atoms with Gasteiger partial charge in [-0.25, -0.2) is 0 Å². The van der Waals surface area contributed by atoms with Gasteiger partial charge in [0.1, 0.15) is 0 Å². The third-order valence-electron chi connectivity index (χ3n) is 5.61. The van der Waals surface area contributed by atoms with Crippen LogP contribution in [0.4, 0.5) is 0 Å². The van der Waals surface area contributed by atoms with Crippen LogP contribution in [0.3, 0.4) is 0 Å². The summed E-state index contributed by atoms with van der Waals surface area (Å²) in [6.45, 7) is 0. The van der Waals surface area contributed by atoms with Crippen LogP contribution in [-0.2, 0) is 9.53 Å². The van der Waals surface area contributed by atoms with Crippen LogP contribution in [0, 0.1) is 0 Å². The molecule has 0 heterocycles. The number of amides is 1. The molecule has 0 bridgehead atoms. The van der Waals surface area contributed by atoms with Gasteiger partial charge in [0.05, 0.1) is 0 Å². The quantitative estimate of drug-likeness (QED) is 0.166. The van der Waals surface area contributed by atoms with Gasteiger partial charge in [-0.1, -0.05) is 0 Å². The van der Waals surface area contributed by atoms with E-state index in [1.807, 2.05) is 60.7 Å². The number of rotatable bonds is 7. The molecule has 4 aromatic rings. The molecule has 35 heavy (non-hydrogen) atoms. The molecule has 0 saturated carbocycles. The number of esters is 1. The monoisotopic (exact) mass is 545 g/mol. The summed E-state index contributed by atoms with van der Waals surface area (Å²) in [5.41, 5.74) is 0.552. The Hall–Kier alpha value is -3.49. The van der Waals surface area contributed by atoms with Crippen LogP contribution >= 0.6 is 7.26 Å². The molecule has 6 heteroatoms. The molecule has 0 unspecified atom stereocenters. The van der Waals surface area contributed by atoms with E-state index in [2.05, 4.69) is 57.7 Å². The molecule has 0 aliphatic carbocycles. The van der Waals surface area contributed by atoms with E-state index in [1.54, 1.807) is 24.3 Å². The van der Waals surface area contributed by atoms with Crippen molar-refractivity contribution in [2.75, 3.05) is 7.11 Å². The maximum absolute atomic E-state index is 13.2. The predicted molar refractivity (Wildman–Crippen MR) is 144 cm³/mol. The second-order valence-electron chi connectivity index (χ2n) is 7.67. The van der Waals surface area contributed by atoms with Gasteiger partial charge in [-0.15, -0.1) is 0 Å². The fourth-order valence-corrected chi connectivity index (χ4v) is 10.2. The SMILES string of the molecule is COC(=O)/C(NC(=O)c1ccccc1)=C(/[Se])[P+](c1ccccc1)(c1ccccc1)c1ccccc1. The Morgan fingerprint density at radius 2 is 1.03 bits per heavy atom. The van der Waals surface area contributed by atoms with Gasteiger partial charge in [0, 0.05) is 0 Å². The summed E-state index contributed by atoms with van der Waals surface area (Å²) in [6.07, 6.45) is 0. The van der Waals surface area contributed by atoms with Crippen molar-refractivity contribution in [2.24, 2.45) is 0 Å². The third-order valence-corrected chi connectivity index (χ3v) is 11.8. The standard InChI is InChI=1S/C29H23NO3PSe/c1-33-28(32)26(30-27(31)22-14-6-2-7-15-22)29(35)34(23-16-8-3-9-17-23,24-18-10-4-11-19-24)25-20-12-5-13-21-25/h2-21H,1H3/p+1/b29-26-. The molecular formula is C29H24NO3PSe+. The fourth-order valence-electron chi connectivity index (χ4n) is 3.99. The summed E-state index contributed by atoms with van der Waals surface area (Å²) >= 11 is 3.20. The second kappa shape index (κ2) is 11.3. The Balaban J connectivity index is 2.04. The maximum atomic E-state index is 13.2. The van der Waals surface area contributed by atoms with E-state index in [4.69, 9.17) is 4.74 Å². The summed E-state index contributed by atoms with van der Waals surface area (Å²) < 4.78 is 5.80. The second-order valence-corrected chi connectivity index (χ2v) is 12.5. The molecule has 0 fully saturated rings. The van der Waals surface area contributed by atoms with Crippen molar-refractivity contribution in [3.63, 3.8) is 0 Å². The van der Waals surface area contributed by atoms with E-state index >= 15 is 0 Å². The number of benzene rings is 4. The minimum atomic E-state index is -2.61. The minimum absolute atomic E-state index is 0.103. The zero-order chi connectivity index (χ0) is 24.7. The van der Waals surface area contributed by atoms with E-state index in [0.29, 0.717) is 9.78 Å². The molecule has 1 radical (unpaired) electrons. The molecular weight excluding hydrogens is 520 g/mol. The van der Waals surface area contributed by atoms with E-state index < -0.39 is 13.2 Å². The first-order valence-electron chi connectivity index (χ1n) is 11.0. The number of methoxy groups -OCH3 is 1. The van der Waals surface area contributed by atoms with Gasteiger partial charge in [0.25, 0.3) is 0 Å². The Labute approximate surface area is 214 Å². The molecule has 1 N–H and O–H groups in total. The molecule has 1 amide bonds. The van der Waals surface area contributed by atoms with Crippen molar-refractivity contribution in [3.8, 4) is 0 Å². The van der Waals surface area contributed by atoms with Crippen LogP contribution < -0.4 is 21.2 Å². The first-order chi connectivity index (χ1) is 17.1. The van der Waals surface area contributed by atoms with Crippen molar-refractivity contribution in [3.05, 3.63) is 137 Å². The Kier molecular flexibility index (Phi) is 7.94. The summed E-state index contributed by atoms with van der Waals surface area (Å²) in [6, 6.07) is 39.1. The summed E-state index contributed by atoms with van der Waals surface area (Å²) in [5, 5.41) is 5.99. The molecule has 0 aliphatic heterocycles. The molecule has 4 nitrogen and oxygen atoms in total. The number of carbonyl (C=O) groups excluding carboxylic acids is 2. The van der Waals surface area contributed by atoms with E-state index in [-0.39, 0.29) is 11.6 Å². The number of ether oxygens (including phenoxy) is 1. The zero-order valence-electron chi connectivity index (χ0n) is 19.1. The zero-order valence-corrected chi connectivity index (χ0v) is 21.7. The third kappa shape index (κ3) is 4.99. The predicted octanol–water partition coefficient (Wildman–Crippen LogP) is 3.92. The first kappa shape index (κ1) is 24.6. The topological polar surface area (TPSA) is 55.4 Å². The van der Waals surface area contributed by atoms with Crippen molar-refractivity contribution in [1.82, 2.24) is 5.32 Å². The van der Waals surface area contributed by atoms with Gasteiger partial charge in [0.2, 0.25) is 0 Å². The van der Waals surface area contributed by atoms with Crippen LogP contribution in [0.2, 0.25) is 0 Å². The molecule has 0 aliphatic rings. The Bertz CT molecular complexity index is 1230. The van der Waals surface area contributed by atoms with Gasteiger partial charge in [-0.3, -0.25) is 0 Å². The average Bonchev–Trinajstić information content (AvgIpc) is 2.94. The van der Waals surface area contributed by atoms with E-state index in [9.17, 15) is 9.59 Å². The molecule has 4 aromatic carbocycles. The number of hydrogen-bond acceptors (Lipinski definition) is 3. The summed E-state index contributed by atoms with van der Waals surface area (Å²) in [4.78, 5) is 26.3. The van der Waals surface area contributed by atoms with Crippen molar-refractivity contribution in [1.29, 1.82) is 0 Å². The van der Waals surface area contributed by atoms with Crippen LogP contribution in [-0.4, -0.2) is 35.0 Å². The van der Waals surface area contributed by atoms with Crippen LogP contribution in [0.15, 0.2) is 131 Å². The van der Waals surface area contributed by atoms with Gasteiger partial charge < -0.3 is 0 Å². The number of hydrogen-bond donors (Lipinski definition) is 1. The molecule has 4 rings (SSSR count). The van der Waals surface area contributed by atoms with E-state index in [1.165, 1.54) is 7.11 Å². The summed E-state index contributed by atoms with van der Waals surface area (Å²) in [7, 11) is -1.29. The van der Waals surface area contributed by atoms with Crippen LogP contribution in [0.5, 0.6) is 0 Å². The van der Waals surface area contributed by atoms with Gasteiger partial charge in [-0.05, 0) is 0 Å². The number of carbonyl (C=O) groups is 2. The average molecular weight is 544 g/mol. The molecule has 173 valence electrons. The molecule has 0 spiro atoms. The molecule has 0 aromatic heterocycles. The van der Waals surface area contributed by atoms with Gasteiger partial charge in [0.15, 0.2) is 0 Å². The molecule has 0 saturated heterocycles. The van der Waals surface area contributed by atoms with Crippen LogP contribution in [0.25, 0.3) is 0 Å². The van der Waals surface area contributed by atoms with Gasteiger partial charge >= 0.3 is 215 Å². The van der Waals surface area contributed by atoms with Crippen molar-refractivity contribution in [2.45, 2.75) is 0 Å². The van der Waals surface area contributed by atoms with Gasteiger partial charge in [-0.2, -0.15) is 0 Å². The normalized spacial score (nSPS) is 11.8. The molecule has 0 atom stereocenters. The van der Waals surface area contributed by atoms with Crippen molar-refractivity contribution < 1.29 is 14.3 Å². The number of nitrogens with one attached hydrogen (secondary N) is 1. The Morgan fingerprint density at radius 1 is 0.657 bits per heavy atom. The Morgan fingerprint density at radius 3 is 1.40 bits per heavy atom. The fraction of sp³-hybridized carbons (Fsp3) is 0.0345. The van der Waals surface area contributed by atoms with E-state index in [0.717, 1.165) is 15.9 Å². The van der Waals surface area contributed by atoms with Crippen molar-refractivity contribution >= 4 is 51.1 Å². The first-order valence-corrected chi connectivity index (χ1v) is 13.7. The van der Waals surface area contributed by atoms with Crippen LogP contribution in [0.1, 0.15) is 10.4 Å².